The Balaban J connectivity index is 1.95. The minimum absolute atomic E-state index is 0.107. The number of methoxy groups -OCH3 is 1. The topological polar surface area (TPSA) is 50.8 Å². The van der Waals surface area contributed by atoms with Crippen LogP contribution in [0, 0.1) is 0 Å². The molecule has 0 aromatic carbocycles. The fourth-order valence-corrected chi connectivity index (χ4v) is 2.64. The van der Waals surface area contributed by atoms with E-state index in [9.17, 15) is 4.79 Å². The molecule has 0 aromatic rings. The lowest BCUT2D eigenvalue weighted by atomic mass is 9.99. The second-order valence-corrected chi connectivity index (χ2v) is 5.17. The highest BCUT2D eigenvalue weighted by atomic mass is 16.5. The summed E-state index contributed by atoms with van der Waals surface area (Å²) < 4.78 is 10.3. The minimum Gasteiger partial charge on any atom is -0.465 e. The van der Waals surface area contributed by atoms with Crippen LogP contribution in [0.3, 0.4) is 0 Å². The van der Waals surface area contributed by atoms with Crippen molar-refractivity contribution in [2.24, 2.45) is 0 Å². The van der Waals surface area contributed by atoms with Gasteiger partial charge >= 0.3 is 5.97 Å². The molecule has 0 aromatic heterocycles. The number of ether oxygens (including phenoxy) is 2. The molecule has 5 heteroatoms. The average molecular weight is 256 g/mol. The van der Waals surface area contributed by atoms with Gasteiger partial charge in [0, 0.05) is 32.8 Å². The van der Waals surface area contributed by atoms with Gasteiger partial charge < -0.3 is 9.47 Å². The third kappa shape index (κ3) is 3.02. The molecular weight excluding hydrogens is 232 g/mol. The molecule has 0 spiro atoms. The predicted molar refractivity (Wildman–Crippen MR) is 68.5 cm³/mol. The predicted octanol–water partition coefficient (Wildman–Crippen LogP) is 0.392. The van der Waals surface area contributed by atoms with Gasteiger partial charge in [0.05, 0.1) is 13.2 Å². The molecule has 18 heavy (non-hydrogen) atoms. The molecule has 0 radical (unpaired) electrons. The van der Waals surface area contributed by atoms with Crippen molar-refractivity contribution in [1.82, 2.24) is 10.2 Å². The molecule has 0 amide bonds. The lowest BCUT2D eigenvalue weighted by Crippen LogP contribution is -2.55. The second-order valence-electron chi connectivity index (χ2n) is 5.17. The quantitative estimate of drug-likeness (QED) is 0.527. The van der Waals surface area contributed by atoms with Gasteiger partial charge in [-0.15, -0.1) is 0 Å². The van der Waals surface area contributed by atoms with Gasteiger partial charge in [0.15, 0.2) is 0 Å². The lowest BCUT2D eigenvalue weighted by Gasteiger charge is -2.28. The molecule has 1 aliphatic heterocycles. The summed E-state index contributed by atoms with van der Waals surface area (Å²) in [6, 6.07) is 0.700. The van der Waals surface area contributed by atoms with Gasteiger partial charge in [0.1, 0.15) is 5.54 Å². The number of hydrogen-bond acceptors (Lipinski definition) is 5. The molecule has 104 valence electrons. The van der Waals surface area contributed by atoms with Gasteiger partial charge in [0.2, 0.25) is 0 Å². The third-order valence-corrected chi connectivity index (χ3v) is 3.80. The maximum absolute atomic E-state index is 12.2. The molecule has 1 N–H and O–H groups in total. The van der Waals surface area contributed by atoms with Crippen molar-refractivity contribution in [3.05, 3.63) is 0 Å². The fraction of sp³-hybridized carbons (Fsp3) is 0.923. The van der Waals surface area contributed by atoms with Crippen LogP contribution in [0.5, 0.6) is 0 Å². The van der Waals surface area contributed by atoms with E-state index in [0.29, 0.717) is 25.8 Å². The molecule has 2 fully saturated rings. The number of carbonyl (C=O) groups excluding carboxylic acids is 1. The summed E-state index contributed by atoms with van der Waals surface area (Å²) >= 11 is 0. The summed E-state index contributed by atoms with van der Waals surface area (Å²) in [5, 5.41) is 3.35. The molecule has 0 bridgehead atoms. The standard InChI is InChI=1S/C13H24N2O3/c1-3-18-12(16)13(14-7-9-17-2)6-8-15(10-13)11-4-5-11/h11,14H,3-10H2,1-2H3. The second kappa shape index (κ2) is 5.99. The Morgan fingerprint density at radius 1 is 1.50 bits per heavy atom. The van der Waals surface area contributed by atoms with Gasteiger partial charge in [0.25, 0.3) is 0 Å². The smallest absolute Gasteiger partial charge is 0.327 e. The van der Waals surface area contributed by atoms with Crippen molar-refractivity contribution >= 4 is 5.97 Å². The van der Waals surface area contributed by atoms with Gasteiger partial charge in [-0.05, 0) is 26.2 Å². The van der Waals surface area contributed by atoms with Crippen LogP contribution in [0.15, 0.2) is 0 Å². The van der Waals surface area contributed by atoms with E-state index in [1.165, 1.54) is 12.8 Å². The van der Waals surface area contributed by atoms with Crippen molar-refractivity contribution in [3.8, 4) is 0 Å². The van der Waals surface area contributed by atoms with Crippen LogP contribution in [0.4, 0.5) is 0 Å². The van der Waals surface area contributed by atoms with E-state index in [0.717, 1.165) is 19.5 Å². The van der Waals surface area contributed by atoms with E-state index in [4.69, 9.17) is 9.47 Å². The van der Waals surface area contributed by atoms with Crippen molar-refractivity contribution in [2.45, 2.75) is 37.8 Å². The van der Waals surface area contributed by atoms with Crippen molar-refractivity contribution in [3.63, 3.8) is 0 Å². The highest BCUT2D eigenvalue weighted by molar-refractivity contribution is 5.81. The molecular formula is C13H24N2O3. The van der Waals surface area contributed by atoms with Crippen LogP contribution in [0.25, 0.3) is 0 Å². The SMILES string of the molecule is CCOC(=O)C1(NCCOC)CCN(C2CC2)C1. The zero-order valence-corrected chi connectivity index (χ0v) is 11.4. The van der Waals surface area contributed by atoms with Crippen LogP contribution in [0.2, 0.25) is 0 Å². The molecule has 1 saturated heterocycles. The zero-order valence-electron chi connectivity index (χ0n) is 11.4. The Hall–Kier alpha value is -0.650. The Morgan fingerprint density at radius 2 is 2.28 bits per heavy atom. The Bertz CT molecular complexity index is 294. The first-order chi connectivity index (χ1) is 8.72. The van der Waals surface area contributed by atoms with Crippen LogP contribution in [-0.4, -0.2) is 62.4 Å². The summed E-state index contributed by atoms with van der Waals surface area (Å²) in [4.78, 5) is 14.6. The Kier molecular flexibility index (Phi) is 4.59. The number of hydrogen-bond donors (Lipinski definition) is 1. The number of likely N-dealkylation sites (tertiary alicyclic amines) is 1. The van der Waals surface area contributed by atoms with Gasteiger partial charge in [-0.1, -0.05) is 0 Å². The van der Waals surface area contributed by atoms with Crippen molar-refractivity contribution in [1.29, 1.82) is 0 Å². The first kappa shape index (κ1) is 13.8. The highest BCUT2D eigenvalue weighted by Crippen LogP contribution is 2.34. The average Bonchev–Trinajstić information content (AvgIpc) is 3.12. The molecule has 5 nitrogen and oxygen atoms in total. The fourth-order valence-electron chi connectivity index (χ4n) is 2.64. The van der Waals surface area contributed by atoms with E-state index in [-0.39, 0.29) is 5.97 Å². The van der Waals surface area contributed by atoms with Crippen LogP contribution >= 0.6 is 0 Å². The van der Waals surface area contributed by atoms with Crippen molar-refractivity contribution < 1.29 is 14.3 Å². The monoisotopic (exact) mass is 256 g/mol. The number of esters is 1. The van der Waals surface area contributed by atoms with Crippen molar-refractivity contribution in [2.75, 3.05) is 40.0 Å². The van der Waals surface area contributed by atoms with Gasteiger partial charge in [-0.2, -0.15) is 0 Å². The molecule has 2 rings (SSSR count). The van der Waals surface area contributed by atoms with Crippen LogP contribution in [-0.2, 0) is 14.3 Å². The summed E-state index contributed by atoms with van der Waals surface area (Å²) in [5.41, 5.74) is -0.517. The summed E-state index contributed by atoms with van der Waals surface area (Å²) in [5.74, 6) is -0.107. The molecule has 1 unspecified atom stereocenters. The maximum Gasteiger partial charge on any atom is 0.327 e. The van der Waals surface area contributed by atoms with E-state index in [2.05, 4.69) is 10.2 Å². The summed E-state index contributed by atoms with van der Waals surface area (Å²) in [6.07, 6.45) is 3.39. The van der Waals surface area contributed by atoms with Crippen LogP contribution < -0.4 is 5.32 Å². The molecule has 1 heterocycles. The minimum atomic E-state index is -0.517. The van der Waals surface area contributed by atoms with E-state index in [1.54, 1.807) is 7.11 Å². The Morgan fingerprint density at radius 3 is 2.89 bits per heavy atom. The first-order valence-electron chi connectivity index (χ1n) is 6.87. The molecule has 1 saturated carbocycles. The third-order valence-electron chi connectivity index (χ3n) is 3.80. The van der Waals surface area contributed by atoms with E-state index in [1.807, 2.05) is 6.92 Å². The number of carbonyl (C=O) groups is 1. The van der Waals surface area contributed by atoms with Gasteiger partial charge in [-0.25, -0.2) is 4.79 Å². The zero-order chi connectivity index (χ0) is 13.0. The largest absolute Gasteiger partial charge is 0.465 e. The maximum atomic E-state index is 12.2. The normalized spacial score (nSPS) is 28.6. The van der Waals surface area contributed by atoms with E-state index < -0.39 is 5.54 Å². The number of nitrogens with zero attached hydrogens (tertiary/aromatic N) is 1. The van der Waals surface area contributed by atoms with Gasteiger partial charge in [-0.3, -0.25) is 10.2 Å². The van der Waals surface area contributed by atoms with Crippen LogP contribution in [0.1, 0.15) is 26.2 Å². The Labute approximate surface area is 109 Å². The molecule has 1 atom stereocenters. The number of nitrogens with one attached hydrogen (secondary N) is 1. The summed E-state index contributed by atoms with van der Waals surface area (Å²) in [7, 11) is 1.67. The molecule has 1 aliphatic carbocycles. The molecule has 2 aliphatic rings. The van der Waals surface area contributed by atoms with E-state index >= 15 is 0 Å². The summed E-state index contributed by atoms with van der Waals surface area (Å²) in [6.45, 7) is 5.37. The lowest BCUT2D eigenvalue weighted by molar-refractivity contribution is -0.150. The first-order valence-corrected chi connectivity index (χ1v) is 6.87. The highest BCUT2D eigenvalue weighted by Gasteiger charge is 2.48. The number of rotatable bonds is 7.